The van der Waals surface area contributed by atoms with Gasteiger partial charge in [0.25, 0.3) is 0 Å². The Morgan fingerprint density at radius 1 is 1.33 bits per heavy atom. The van der Waals surface area contributed by atoms with Crippen molar-refractivity contribution in [2.24, 2.45) is 0 Å². The number of nitrogens with zero attached hydrogens (tertiary/aromatic N) is 1. The molecule has 6 heteroatoms. The Labute approximate surface area is 129 Å². The molecule has 0 fully saturated rings. The second-order valence-electron chi connectivity index (χ2n) is 5.88. The first-order chi connectivity index (χ1) is 9.61. The number of carbonyl (C=O) groups excluding carboxylic acids is 1. The molecule has 0 aromatic heterocycles. The van der Waals surface area contributed by atoms with E-state index in [-0.39, 0.29) is 19.0 Å². The molecule has 2 N–H and O–H groups in total. The first-order valence-electron chi connectivity index (χ1n) is 6.68. The summed E-state index contributed by atoms with van der Waals surface area (Å²) in [7, 11) is 0. The molecule has 0 aliphatic heterocycles. The van der Waals surface area contributed by atoms with Crippen molar-refractivity contribution in [1.82, 2.24) is 4.90 Å². The van der Waals surface area contributed by atoms with Gasteiger partial charge in [0.2, 0.25) is 0 Å². The van der Waals surface area contributed by atoms with Crippen molar-refractivity contribution >= 4 is 29.3 Å². The number of carbonyl (C=O) groups is 2. The van der Waals surface area contributed by atoms with Gasteiger partial charge in [0, 0.05) is 12.1 Å². The average molecular weight is 313 g/mol. The molecule has 0 atom stereocenters. The van der Waals surface area contributed by atoms with Crippen LogP contribution in [-0.2, 0) is 4.79 Å². The van der Waals surface area contributed by atoms with Gasteiger partial charge in [0.05, 0.1) is 17.1 Å². The molecule has 0 bridgehead atoms. The summed E-state index contributed by atoms with van der Waals surface area (Å²) in [6, 6.07) is 4.98. The minimum atomic E-state index is -0.939. The van der Waals surface area contributed by atoms with Crippen LogP contribution in [0, 0.1) is 6.92 Å². The highest BCUT2D eigenvalue weighted by atomic mass is 35.5. The molecule has 0 heterocycles. The van der Waals surface area contributed by atoms with Gasteiger partial charge < -0.3 is 15.3 Å². The maximum absolute atomic E-state index is 12.4. The molecule has 0 spiro atoms. The normalized spacial score (nSPS) is 11.1. The van der Waals surface area contributed by atoms with Gasteiger partial charge >= 0.3 is 12.0 Å². The molecule has 116 valence electrons. The van der Waals surface area contributed by atoms with E-state index in [0.717, 1.165) is 5.56 Å². The molecule has 1 aromatic carbocycles. The lowest BCUT2D eigenvalue weighted by Crippen LogP contribution is -2.48. The van der Waals surface area contributed by atoms with E-state index in [1.807, 2.05) is 33.8 Å². The fraction of sp³-hybridized carbons (Fsp3) is 0.467. The number of benzene rings is 1. The number of amides is 2. The summed E-state index contributed by atoms with van der Waals surface area (Å²) in [5.74, 6) is -0.939. The highest BCUT2D eigenvalue weighted by molar-refractivity contribution is 6.33. The standard InChI is InChI=1S/C15H21ClN2O3/c1-10-5-6-11(16)12(9-10)17-14(21)18(15(2,3)4)8-7-13(19)20/h5-6,9H,7-8H2,1-4H3,(H,17,21)(H,19,20). The molecule has 0 unspecified atom stereocenters. The molecule has 2 amide bonds. The van der Waals surface area contributed by atoms with Gasteiger partial charge in [0.15, 0.2) is 0 Å². The molecule has 0 aliphatic carbocycles. The van der Waals surface area contributed by atoms with Crippen molar-refractivity contribution in [3.8, 4) is 0 Å². The highest BCUT2D eigenvalue weighted by Gasteiger charge is 2.27. The maximum Gasteiger partial charge on any atom is 0.322 e. The monoisotopic (exact) mass is 312 g/mol. The van der Waals surface area contributed by atoms with Crippen LogP contribution in [0.3, 0.4) is 0 Å². The van der Waals surface area contributed by atoms with Crippen molar-refractivity contribution in [1.29, 1.82) is 0 Å². The second-order valence-corrected chi connectivity index (χ2v) is 6.29. The van der Waals surface area contributed by atoms with Crippen molar-refractivity contribution in [2.45, 2.75) is 39.7 Å². The number of rotatable bonds is 4. The third-order valence-corrected chi connectivity index (χ3v) is 3.30. The molecule has 5 nitrogen and oxygen atoms in total. The van der Waals surface area contributed by atoms with Crippen LogP contribution < -0.4 is 5.32 Å². The van der Waals surface area contributed by atoms with E-state index in [1.54, 1.807) is 12.1 Å². The molecule has 1 rings (SSSR count). The van der Waals surface area contributed by atoms with Crippen LogP contribution >= 0.6 is 11.6 Å². The summed E-state index contributed by atoms with van der Waals surface area (Å²) < 4.78 is 0. The number of anilines is 1. The van der Waals surface area contributed by atoms with Crippen LogP contribution in [0.5, 0.6) is 0 Å². The number of hydrogen-bond acceptors (Lipinski definition) is 2. The topological polar surface area (TPSA) is 69.6 Å². The van der Waals surface area contributed by atoms with E-state index in [4.69, 9.17) is 16.7 Å². The maximum atomic E-state index is 12.4. The van der Waals surface area contributed by atoms with Gasteiger partial charge in [-0.25, -0.2) is 4.79 Å². The van der Waals surface area contributed by atoms with E-state index >= 15 is 0 Å². The molecule has 0 saturated carbocycles. The molecule has 0 aliphatic rings. The minimum absolute atomic E-state index is 0.105. The lowest BCUT2D eigenvalue weighted by molar-refractivity contribution is -0.137. The SMILES string of the molecule is Cc1ccc(Cl)c(NC(=O)N(CCC(=O)O)C(C)(C)C)c1. The summed E-state index contributed by atoms with van der Waals surface area (Å²) in [6.07, 6.45) is -0.105. The van der Waals surface area contributed by atoms with Crippen molar-refractivity contribution in [3.63, 3.8) is 0 Å². The van der Waals surface area contributed by atoms with Crippen LogP contribution in [0.1, 0.15) is 32.8 Å². The Morgan fingerprint density at radius 2 is 1.95 bits per heavy atom. The van der Waals surface area contributed by atoms with E-state index in [2.05, 4.69) is 5.32 Å². The first-order valence-corrected chi connectivity index (χ1v) is 7.05. The lowest BCUT2D eigenvalue weighted by Gasteiger charge is -2.35. The zero-order valence-corrected chi connectivity index (χ0v) is 13.5. The summed E-state index contributed by atoms with van der Waals surface area (Å²) in [5, 5.41) is 12.0. The zero-order valence-electron chi connectivity index (χ0n) is 12.7. The Balaban J connectivity index is 2.90. The third kappa shape index (κ3) is 5.27. The van der Waals surface area contributed by atoms with Gasteiger partial charge in [-0.3, -0.25) is 4.79 Å². The summed E-state index contributed by atoms with van der Waals surface area (Å²) in [6.45, 7) is 7.59. The van der Waals surface area contributed by atoms with Crippen LogP contribution in [0.2, 0.25) is 5.02 Å². The summed E-state index contributed by atoms with van der Waals surface area (Å²) >= 11 is 6.06. The Hall–Kier alpha value is -1.75. The molecule has 21 heavy (non-hydrogen) atoms. The zero-order chi connectivity index (χ0) is 16.2. The molecule has 1 aromatic rings. The summed E-state index contributed by atoms with van der Waals surface area (Å²) in [4.78, 5) is 24.6. The van der Waals surface area contributed by atoms with Crippen molar-refractivity contribution in [3.05, 3.63) is 28.8 Å². The number of nitrogens with one attached hydrogen (secondary N) is 1. The molecule has 0 radical (unpaired) electrons. The highest BCUT2D eigenvalue weighted by Crippen LogP contribution is 2.24. The minimum Gasteiger partial charge on any atom is -0.481 e. The molecular weight excluding hydrogens is 292 g/mol. The first kappa shape index (κ1) is 17.3. The number of urea groups is 1. The van der Waals surface area contributed by atoms with Gasteiger partial charge in [-0.15, -0.1) is 0 Å². The second kappa shape index (κ2) is 6.80. The third-order valence-electron chi connectivity index (χ3n) is 2.97. The Morgan fingerprint density at radius 3 is 2.48 bits per heavy atom. The molecule has 0 saturated heterocycles. The largest absolute Gasteiger partial charge is 0.481 e. The number of aryl methyl sites for hydroxylation is 1. The van der Waals surface area contributed by atoms with Crippen LogP contribution in [-0.4, -0.2) is 34.1 Å². The smallest absolute Gasteiger partial charge is 0.322 e. The van der Waals surface area contributed by atoms with Crippen molar-refractivity contribution < 1.29 is 14.7 Å². The number of carboxylic acid groups (broad SMARTS) is 1. The number of aliphatic carboxylic acids is 1. The molecular formula is C15H21ClN2O3. The Bertz CT molecular complexity index is 538. The number of carboxylic acids is 1. The van der Waals surface area contributed by atoms with Crippen LogP contribution in [0.15, 0.2) is 18.2 Å². The van der Waals surface area contributed by atoms with Gasteiger partial charge in [0.1, 0.15) is 0 Å². The van der Waals surface area contributed by atoms with Crippen LogP contribution in [0.4, 0.5) is 10.5 Å². The van der Waals surface area contributed by atoms with Gasteiger partial charge in [-0.1, -0.05) is 17.7 Å². The quantitative estimate of drug-likeness (QED) is 0.889. The van der Waals surface area contributed by atoms with E-state index in [1.165, 1.54) is 4.90 Å². The van der Waals surface area contributed by atoms with E-state index in [9.17, 15) is 9.59 Å². The average Bonchev–Trinajstić information content (AvgIpc) is 2.32. The Kier molecular flexibility index (Phi) is 5.61. The predicted molar refractivity (Wildman–Crippen MR) is 83.9 cm³/mol. The number of hydrogen-bond donors (Lipinski definition) is 2. The fourth-order valence-corrected chi connectivity index (χ4v) is 2.03. The van der Waals surface area contributed by atoms with Gasteiger partial charge in [-0.2, -0.15) is 0 Å². The van der Waals surface area contributed by atoms with E-state index in [0.29, 0.717) is 10.7 Å². The number of halogens is 1. The van der Waals surface area contributed by atoms with Crippen molar-refractivity contribution in [2.75, 3.05) is 11.9 Å². The predicted octanol–water partition coefficient (Wildman–Crippen LogP) is 3.76. The van der Waals surface area contributed by atoms with E-state index < -0.39 is 11.5 Å². The van der Waals surface area contributed by atoms with Crippen LogP contribution in [0.25, 0.3) is 0 Å². The lowest BCUT2D eigenvalue weighted by atomic mass is 10.1. The van der Waals surface area contributed by atoms with Gasteiger partial charge in [-0.05, 0) is 45.4 Å². The summed E-state index contributed by atoms with van der Waals surface area (Å²) in [5.41, 5.74) is 1.00. The fourth-order valence-electron chi connectivity index (χ4n) is 1.87.